The quantitative estimate of drug-likeness (QED) is 0.736. The SMILES string of the molecule is COc1cccc2cnc(Cc3cccc(Br)c3)n12. The minimum Gasteiger partial charge on any atom is -0.482 e. The zero-order valence-corrected chi connectivity index (χ0v) is 12.1. The van der Waals surface area contributed by atoms with E-state index in [1.165, 1.54) is 5.56 Å². The number of halogens is 1. The van der Waals surface area contributed by atoms with Crippen molar-refractivity contribution in [1.29, 1.82) is 0 Å². The van der Waals surface area contributed by atoms with Gasteiger partial charge in [0.05, 0.1) is 18.8 Å². The molecule has 0 radical (unpaired) electrons. The summed E-state index contributed by atoms with van der Waals surface area (Å²) in [6, 6.07) is 14.2. The summed E-state index contributed by atoms with van der Waals surface area (Å²) in [5, 5.41) is 0. The zero-order chi connectivity index (χ0) is 13.2. The minimum absolute atomic E-state index is 0.772. The number of methoxy groups -OCH3 is 1. The maximum absolute atomic E-state index is 5.40. The van der Waals surface area contributed by atoms with Gasteiger partial charge in [-0.3, -0.25) is 4.40 Å². The highest BCUT2D eigenvalue weighted by molar-refractivity contribution is 9.10. The Bertz CT molecular complexity index is 721. The number of imidazole rings is 1. The Balaban J connectivity index is 2.06. The molecule has 0 atom stereocenters. The summed E-state index contributed by atoms with van der Waals surface area (Å²) in [7, 11) is 1.68. The van der Waals surface area contributed by atoms with Gasteiger partial charge in [-0.1, -0.05) is 34.1 Å². The smallest absolute Gasteiger partial charge is 0.199 e. The third-order valence-corrected chi connectivity index (χ3v) is 3.54. The molecule has 0 aliphatic heterocycles. The highest BCUT2D eigenvalue weighted by Gasteiger charge is 2.08. The Labute approximate surface area is 120 Å². The Morgan fingerprint density at radius 3 is 2.84 bits per heavy atom. The molecule has 1 aromatic carbocycles. The number of hydrogen-bond acceptors (Lipinski definition) is 2. The van der Waals surface area contributed by atoms with Crippen LogP contribution in [0.2, 0.25) is 0 Å². The second-order valence-electron chi connectivity index (χ2n) is 4.31. The molecule has 2 aromatic heterocycles. The van der Waals surface area contributed by atoms with Crippen LogP contribution in [0, 0.1) is 0 Å². The van der Waals surface area contributed by atoms with Crippen molar-refractivity contribution in [3.63, 3.8) is 0 Å². The van der Waals surface area contributed by atoms with Crippen LogP contribution >= 0.6 is 15.9 Å². The van der Waals surface area contributed by atoms with Crippen LogP contribution in [-0.4, -0.2) is 16.5 Å². The van der Waals surface area contributed by atoms with Crippen molar-refractivity contribution in [3.8, 4) is 5.88 Å². The van der Waals surface area contributed by atoms with E-state index in [4.69, 9.17) is 4.74 Å². The van der Waals surface area contributed by atoms with E-state index in [1.807, 2.05) is 40.9 Å². The molecule has 0 amide bonds. The van der Waals surface area contributed by atoms with Crippen molar-refractivity contribution in [2.45, 2.75) is 6.42 Å². The summed E-state index contributed by atoms with van der Waals surface area (Å²) >= 11 is 3.49. The van der Waals surface area contributed by atoms with Crippen LogP contribution in [0.5, 0.6) is 5.88 Å². The van der Waals surface area contributed by atoms with Crippen LogP contribution in [0.4, 0.5) is 0 Å². The normalized spacial score (nSPS) is 10.8. The van der Waals surface area contributed by atoms with E-state index >= 15 is 0 Å². The van der Waals surface area contributed by atoms with Gasteiger partial charge in [-0.15, -0.1) is 0 Å². The zero-order valence-electron chi connectivity index (χ0n) is 10.5. The van der Waals surface area contributed by atoms with Crippen molar-refractivity contribution in [1.82, 2.24) is 9.38 Å². The lowest BCUT2D eigenvalue weighted by molar-refractivity contribution is 0.390. The fraction of sp³-hybridized carbons (Fsp3) is 0.133. The summed E-state index contributed by atoms with van der Waals surface area (Å²) in [5.74, 6) is 1.78. The van der Waals surface area contributed by atoms with Crippen molar-refractivity contribution in [2.24, 2.45) is 0 Å². The van der Waals surface area contributed by atoms with Crippen LogP contribution in [0.3, 0.4) is 0 Å². The molecular formula is C15H13BrN2O. The molecule has 0 fully saturated rings. The molecule has 0 saturated carbocycles. The summed E-state index contributed by atoms with van der Waals surface area (Å²) in [6.07, 6.45) is 2.64. The Kier molecular flexibility index (Phi) is 3.25. The second kappa shape index (κ2) is 5.05. The first-order valence-electron chi connectivity index (χ1n) is 6.02. The van der Waals surface area contributed by atoms with Crippen LogP contribution in [0.25, 0.3) is 5.52 Å². The van der Waals surface area contributed by atoms with Gasteiger partial charge in [0.25, 0.3) is 0 Å². The van der Waals surface area contributed by atoms with E-state index in [-0.39, 0.29) is 0 Å². The van der Waals surface area contributed by atoms with Crippen LogP contribution in [0.15, 0.2) is 53.1 Å². The average Bonchev–Trinajstić information content (AvgIpc) is 2.82. The molecule has 0 N–H and O–H groups in total. The Morgan fingerprint density at radius 2 is 2.05 bits per heavy atom. The number of benzene rings is 1. The van der Waals surface area contributed by atoms with Crippen molar-refractivity contribution in [2.75, 3.05) is 7.11 Å². The first kappa shape index (κ1) is 12.2. The molecule has 3 rings (SSSR count). The number of pyridine rings is 1. The molecular weight excluding hydrogens is 304 g/mol. The molecule has 2 heterocycles. The molecule has 19 heavy (non-hydrogen) atoms. The molecule has 0 saturated heterocycles. The van der Waals surface area contributed by atoms with Crippen molar-refractivity contribution >= 4 is 21.4 Å². The Hall–Kier alpha value is -1.81. The van der Waals surface area contributed by atoms with E-state index in [9.17, 15) is 0 Å². The lowest BCUT2D eigenvalue weighted by atomic mass is 10.1. The van der Waals surface area contributed by atoms with Crippen molar-refractivity contribution < 1.29 is 4.74 Å². The number of aromatic nitrogens is 2. The van der Waals surface area contributed by atoms with Gasteiger partial charge in [0.1, 0.15) is 5.82 Å². The summed E-state index contributed by atoms with van der Waals surface area (Å²) in [6.45, 7) is 0. The molecule has 96 valence electrons. The number of fused-ring (bicyclic) bond motifs is 1. The van der Waals surface area contributed by atoms with Gasteiger partial charge < -0.3 is 4.74 Å². The van der Waals surface area contributed by atoms with Gasteiger partial charge in [0.15, 0.2) is 5.88 Å². The Morgan fingerprint density at radius 1 is 1.21 bits per heavy atom. The van der Waals surface area contributed by atoms with Gasteiger partial charge in [-0.05, 0) is 29.8 Å². The number of nitrogens with zero attached hydrogens (tertiary/aromatic N) is 2. The van der Waals surface area contributed by atoms with Gasteiger partial charge in [-0.2, -0.15) is 0 Å². The lowest BCUT2D eigenvalue weighted by Gasteiger charge is -2.07. The molecule has 0 unspecified atom stereocenters. The van der Waals surface area contributed by atoms with E-state index in [1.54, 1.807) is 7.11 Å². The number of rotatable bonds is 3. The summed E-state index contributed by atoms with van der Waals surface area (Å²) in [5.41, 5.74) is 2.26. The van der Waals surface area contributed by atoms with Crippen LogP contribution < -0.4 is 4.74 Å². The van der Waals surface area contributed by atoms with E-state index in [0.29, 0.717) is 0 Å². The average molecular weight is 317 g/mol. The molecule has 3 nitrogen and oxygen atoms in total. The van der Waals surface area contributed by atoms with Crippen LogP contribution in [0.1, 0.15) is 11.4 Å². The molecule has 0 bridgehead atoms. The largest absolute Gasteiger partial charge is 0.482 e. The van der Waals surface area contributed by atoms with Gasteiger partial charge in [0.2, 0.25) is 0 Å². The minimum atomic E-state index is 0.772. The standard InChI is InChI=1S/C15H13BrN2O/c1-19-15-7-3-6-13-10-17-14(18(13)15)9-11-4-2-5-12(16)8-11/h2-8,10H,9H2,1H3. The van der Waals surface area contributed by atoms with Gasteiger partial charge >= 0.3 is 0 Å². The predicted octanol–water partition coefficient (Wildman–Crippen LogP) is 3.70. The fourth-order valence-electron chi connectivity index (χ4n) is 2.19. The predicted molar refractivity (Wildman–Crippen MR) is 78.7 cm³/mol. The highest BCUT2D eigenvalue weighted by atomic mass is 79.9. The highest BCUT2D eigenvalue weighted by Crippen LogP contribution is 2.20. The molecule has 0 aliphatic rings. The third kappa shape index (κ3) is 2.36. The van der Waals surface area contributed by atoms with Crippen molar-refractivity contribution in [3.05, 3.63) is 64.5 Å². The van der Waals surface area contributed by atoms with Gasteiger partial charge in [0, 0.05) is 10.9 Å². The molecule has 0 aliphatic carbocycles. The number of ether oxygens (including phenoxy) is 1. The maximum Gasteiger partial charge on any atom is 0.199 e. The number of hydrogen-bond donors (Lipinski definition) is 0. The monoisotopic (exact) mass is 316 g/mol. The fourth-order valence-corrected chi connectivity index (χ4v) is 2.64. The topological polar surface area (TPSA) is 26.5 Å². The first-order valence-corrected chi connectivity index (χ1v) is 6.81. The molecule has 3 aromatic rings. The van der Waals surface area contributed by atoms with Crippen LogP contribution in [-0.2, 0) is 6.42 Å². The van der Waals surface area contributed by atoms with Gasteiger partial charge in [-0.25, -0.2) is 4.98 Å². The first-order chi connectivity index (χ1) is 9.28. The molecule has 0 spiro atoms. The lowest BCUT2D eigenvalue weighted by Crippen LogP contribution is -2.00. The third-order valence-electron chi connectivity index (χ3n) is 3.05. The van der Waals surface area contributed by atoms with E-state index in [0.717, 1.165) is 28.1 Å². The second-order valence-corrected chi connectivity index (χ2v) is 5.23. The van der Waals surface area contributed by atoms with E-state index < -0.39 is 0 Å². The molecule has 4 heteroatoms. The van der Waals surface area contributed by atoms with E-state index in [2.05, 4.69) is 33.0 Å². The summed E-state index contributed by atoms with van der Waals surface area (Å²) in [4.78, 5) is 4.50. The summed E-state index contributed by atoms with van der Waals surface area (Å²) < 4.78 is 8.53. The maximum atomic E-state index is 5.40.